The van der Waals surface area contributed by atoms with Crippen molar-refractivity contribution in [3.8, 4) is 0 Å². The number of carbonyl (C=O) groups excluding carboxylic acids is 1. The topological polar surface area (TPSA) is 46.9 Å². The van der Waals surface area contributed by atoms with E-state index >= 15 is 0 Å². The number of carbonyl (C=O) groups is 1. The normalized spacial score (nSPS) is 11.0. The van der Waals surface area contributed by atoms with Crippen LogP contribution < -0.4 is 5.32 Å². The molecule has 4 aromatic rings. The van der Waals surface area contributed by atoms with Gasteiger partial charge in [0.1, 0.15) is 5.82 Å². The Hall–Kier alpha value is -2.92. The van der Waals surface area contributed by atoms with Gasteiger partial charge in [-0.2, -0.15) is 0 Å². The van der Waals surface area contributed by atoms with E-state index in [4.69, 9.17) is 4.98 Å². The molecule has 1 amide bonds. The molecule has 2 heterocycles. The summed E-state index contributed by atoms with van der Waals surface area (Å²) in [6, 6.07) is 20.1. The molecule has 0 saturated carbocycles. The number of thiophene rings is 1. The number of hydrogen-bond donors (Lipinski definition) is 1. The zero-order valence-electron chi connectivity index (χ0n) is 15.9. The number of para-hydroxylation sites is 2. The van der Waals surface area contributed by atoms with Gasteiger partial charge in [0.25, 0.3) is 5.91 Å². The molecule has 5 heteroatoms. The minimum absolute atomic E-state index is 0.0535. The van der Waals surface area contributed by atoms with Crippen molar-refractivity contribution in [1.82, 2.24) is 14.9 Å². The van der Waals surface area contributed by atoms with Gasteiger partial charge in [0, 0.05) is 23.4 Å². The third-order valence-corrected chi connectivity index (χ3v) is 5.67. The van der Waals surface area contributed by atoms with Gasteiger partial charge in [-0.3, -0.25) is 4.79 Å². The van der Waals surface area contributed by atoms with Crippen LogP contribution in [0.4, 0.5) is 0 Å². The first-order chi connectivity index (χ1) is 13.8. The summed E-state index contributed by atoms with van der Waals surface area (Å²) >= 11 is 1.71. The molecule has 0 unspecified atom stereocenters. The Morgan fingerprint density at radius 2 is 1.89 bits per heavy atom. The van der Waals surface area contributed by atoms with Crippen molar-refractivity contribution in [3.05, 3.63) is 87.9 Å². The molecular formula is C23H23N3OS. The largest absolute Gasteiger partial charge is 0.345 e. The molecule has 2 aromatic carbocycles. The van der Waals surface area contributed by atoms with Crippen molar-refractivity contribution in [2.75, 3.05) is 0 Å². The molecule has 2 aromatic heterocycles. The quantitative estimate of drug-likeness (QED) is 0.482. The molecule has 0 aliphatic rings. The van der Waals surface area contributed by atoms with Crippen LogP contribution in [-0.2, 0) is 19.5 Å². The highest BCUT2D eigenvalue weighted by molar-refractivity contribution is 7.09. The van der Waals surface area contributed by atoms with Crippen LogP contribution in [0.15, 0.2) is 66.0 Å². The Bertz CT molecular complexity index is 1080. The Kier molecular flexibility index (Phi) is 5.53. The maximum atomic E-state index is 12.9. The number of nitrogens with one attached hydrogen (secondary N) is 1. The maximum Gasteiger partial charge on any atom is 0.251 e. The number of aromatic nitrogens is 2. The number of hydrogen-bond acceptors (Lipinski definition) is 3. The second-order valence-corrected chi connectivity index (χ2v) is 7.80. The second kappa shape index (κ2) is 8.40. The van der Waals surface area contributed by atoms with Gasteiger partial charge in [0.2, 0.25) is 0 Å². The summed E-state index contributed by atoms with van der Waals surface area (Å²) in [5.74, 6) is 0.842. The fraction of sp³-hybridized carbons (Fsp3) is 0.217. The average molecular weight is 390 g/mol. The Labute approximate surface area is 168 Å². The molecule has 28 heavy (non-hydrogen) atoms. The molecular weight excluding hydrogens is 366 g/mol. The fourth-order valence-corrected chi connectivity index (χ4v) is 4.21. The van der Waals surface area contributed by atoms with Crippen LogP contribution in [0, 0.1) is 0 Å². The van der Waals surface area contributed by atoms with Crippen LogP contribution in [0.3, 0.4) is 0 Å². The van der Waals surface area contributed by atoms with Crippen molar-refractivity contribution >= 4 is 28.3 Å². The van der Waals surface area contributed by atoms with Crippen LogP contribution >= 0.6 is 11.3 Å². The molecule has 0 bridgehead atoms. The molecule has 0 spiro atoms. The van der Waals surface area contributed by atoms with E-state index in [0.29, 0.717) is 6.54 Å². The number of fused-ring (bicyclic) bond motifs is 1. The van der Waals surface area contributed by atoms with Gasteiger partial charge >= 0.3 is 0 Å². The van der Waals surface area contributed by atoms with Crippen LogP contribution in [0.1, 0.15) is 40.0 Å². The monoisotopic (exact) mass is 389 g/mol. The van der Waals surface area contributed by atoms with E-state index in [2.05, 4.69) is 34.3 Å². The maximum absolute atomic E-state index is 12.9. The van der Waals surface area contributed by atoms with E-state index < -0.39 is 0 Å². The van der Waals surface area contributed by atoms with Crippen molar-refractivity contribution in [3.63, 3.8) is 0 Å². The zero-order chi connectivity index (χ0) is 19.3. The average Bonchev–Trinajstić information content (AvgIpc) is 3.35. The smallest absolute Gasteiger partial charge is 0.251 e. The van der Waals surface area contributed by atoms with Crippen LogP contribution in [0.5, 0.6) is 0 Å². The number of benzene rings is 2. The van der Waals surface area contributed by atoms with Gasteiger partial charge in [-0.1, -0.05) is 43.3 Å². The summed E-state index contributed by atoms with van der Waals surface area (Å²) < 4.78 is 2.20. The summed E-state index contributed by atoms with van der Waals surface area (Å²) in [5.41, 5.74) is 3.86. The minimum atomic E-state index is -0.0535. The van der Waals surface area contributed by atoms with Crippen molar-refractivity contribution in [2.45, 2.75) is 32.9 Å². The third kappa shape index (κ3) is 3.85. The van der Waals surface area contributed by atoms with Gasteiger partial charge in [-0.15, -0.1) is 11.3 Å². The lowest BCUT2D eigenvalue weighted by molar-refractivity contribution is 0.0948. The first-order valence-corrected chi connectivity index (χ1v) is 10.5. The lowest BCUT2D eigenvalue weighted by Gasteiger charge is -2.11. The van der Waals surface area contributed by atoms with E-state index in [9.17, 15) is 4.79 Å². The highest BCUT2D eigenvalue weighted by Gasteiger charge is 2.14. The lowest BCUT2D eigenvalue weighted by Crippen LogP contribution is -2.25. The standard InChI is InChI=1S/C23H23N3OS/c1-2-13-26-21-12-6-5-11-20(21)25-22(26)16-24-23(27)19-10-4-3-8-17(19)15-18-9-7-14-28-18/h3-12,14H,2,13,15-16H2,1H3,(H,24,27). The minimum Gasteiger partial charge on any atom is -0.345 e. The first kappa shape index (κ1) is 18.4. The van der Waals surface area contributed by atoms with E-state index in [1.54, 1.807) is 11.3 Å². The number of amides is 1. The molecule has 0 aliphatic heterocycles. The molecule has 142 valence electrons. The number of aryl methyl sites for hydroxylation is 1. The van der Waals surface area contributed by atoms with Crippen molar-refractivity contribution in [2.24, 2.45) is 0 Å². The van der Waals surface area contributed by atoms with Gasteiger partial charge < -0.3 is 9.88 Å². The van der Waals surface area contributed by atoms with E-state index in [-0.39, 0.29) is 5.91 Å². The zero-order valence-corrected chi connectivity index (χ0v) is 16.7. The SMILES string of the molecule is CCCn1c(CNC(=O)c2ccccc2Cc2cccs2)nc2ccccc21. The van der Waals surface area contributed by atoms with Gasteiger partial charge in [0.05, 0.1) is 17.6 Å². The molecule has 1 N–H and O–H groups in total. The Morgan fingerprint density at radius 1 is 1.07 bits per heavy atom. The van der Waals surface area contributed by atoms with Crippen LogP contribution in [0.2, 0.25) is 0 Å². The highest BCUT2D eigenvalue weighted by Crippen LogP contribution is 2.19. The predicted octanol–water partition coefficient (Wildman–Crippen LogP) is 5.03. The van der Waals surface area contributed by atoms with E-state index in [1.807, 2.05) is 48.5 Å². The molecule has 0 saturated heterocycles. The summed E-state index contributed by atoms with van der Waals surface area (Å²) in [6.45, 7) is 3.46. The summed E-state index contributed by atoms with van der Waals surface area (Å²) in [7, 11) is 0. The highest BCUT2D eigenvalue weighted by atomic mass is 32.1. The fourth-order valence-electron chi connectivity index (χ4n) is 3.48. The van der Waals surface area contributed by atoms with Crippen molar-refractivity contribution < 1.29 is 4.79 Å². The molecule has 0 aliphatic carbocycles. The predicted molar refractivity (Wildman–Crippen MR) is 115 cm³/mol. The van der Waals surface area contributed by atoms with Crippen LogP contribution in [0.25, 0.3) is 11.0 Å². The number of rotatable bonds is 7. The van der Waals surface area contributed by atoms with Gasteiger partial charge in [-0.25, -0.2) is 4.98 Å². The second-order valence-electron chi connectivity index (χ2n) is 6.76. The Morgan fingerprint density at radius 3 is 2.71 bits per heavy atom. The number of imidazole rings is 1. The van der Waals surface area contributed by atoms with Crippen LogP contribution in [-0.4, -0.2) is 15.5 Å². The summed E-state index contributed by atoms with van der Waals surface area (Å²) in [6.07, 6.45) is 1.79. The third-order valence-electron chi connectivity index (χ3n) is 4.79. The lowest BCUT2D eigenvalue weighted by atomic mass is 10.0. The molecule has 0 atom stereocenters. The van der Waals surface area contributed by atoms with E-state index in [0.717, 1.165) is 47.4 Å². The molecule has 0 radical (unpaired) electrons. The van der Waals surface area contributed by atoms with E-state index in [1.165, 1.54) is 4.88 Å². The Balaban J connectivity index is 1.54. The molecule has 4 rings (SSSR count). The molecule has 4 nitrogen and oxygen atoms in total. The van der Waals surface area contributed by atoms with Crippen molar-refractivity contribution in [1.29, 1.82) is 0 Å². The summed E-state index contributed by atoms with van der Waals surface area (Å²) in [4.78, 5) is 18.9. The summed E-state index contributed by atoms with van der Waals surface area (Å²) in [5, 5.41) is 5.14. The molecule has 0 fully saturated rings. The van der Waals surface area contributed by atoms with Gasteiger partial charge in [0.15, 0.2) is 0 Å². The number of nitrogens with zero attached hydrogens (tertiary/aromatic N) is 2. The van der Waals surface area contributed by atoms with Gasteiger partial charge in [-0.05, 0) is 41.6 Å². The first-order valence-electron chi connectivity index (χ1n) is 9.59.